The van der Waals surface area contributed by atoms with Crippen LogP contribution in [0, 0.1) is 6.92 Å². The Morgan fingerprint density at radius 2 is 1.91 bits per heavy atom. The molecule has 1 fully saturated rings. The summed E-state index contributed by atoms with van der Waals surface area (Å²) in [5, 5.41) is 0. The van der Waals surface area contributed by atoms with Gasteiger partial charge in [-0.3, -0.25) is 14.6 Å². The molecule has 1 saturated heterocycles. The molecular formula is C15H22N5O2+. The largest absolute Gasteiger partial charge is 0.401 e. The maximum absolute atomic E-state index is 12.8. The van der Waals surface area contributed by atoms with Crippen LogP contribution in [0.5, 0.6) is 0 Å². The third kappa shape index (κ3) is 1.88. The van der Waals surface area contributed by atoms with Crippen molar-refractivity contribution in [1.82, 2.24) is 14.4 Å². The van der Waals surface area contributed by atoms with Crippen LogP contribution in [-0.2, 0) is 11.3 Å². The second-order valence-corrected chi connectivity index (χ2v) is 5.83. The first-order valence-electron chi connectivity index (χ1n) is 7.80. The highest BCUT2D eigenvalue weighted by atomic mass is 16.2. The number of fused-ring (bicyclic) bond motifs is 3. The van der Waals surface area contributed by atoms with Crippen LogP contribution in [0.3, 0.4) is 0 Å². The Morgan fingerprint density at radius 3 is 2.55 bits per heavy atom. The molecule has 0 spiro atoms. The van der Waals surface area contributed by atoms with Crippen molar-refractivity contribution >= 4 is 23.7 Å². The van der Waals surface area contributed by atoms with Gasteiger partial charge in [0.05, 0.1) is 6.54 Å². The van der Waals surface area contributed by atoms with Gasteiger partial charge in [0.1, 0.15) is 11.9 Å². The van der Waals surface area contributed by atoms with Crippen molar-refractivity contribution in [2.45, 2.75) is 46.2 Å². The van der Waals surface area contributed by atoms with Crippen LogP contribution in [0.2, 0.25) is 0 Å². The Kier molecular flexibility index (Phi) is 3.50. The summed E-state index contributed by atoms with van der Waals surface area (Å²) >= 11 is 0. The lowest BCUT2D eigenvalue weighted by molar-refractivity contribution is -0.677. The predicted molar refractivity (Wildman–Crippen MR) is 81.0 cm³/mol. The average molecular weight is 304 g/mol. The molecule has 1 atom stereocenters. The molecule has 3 rings (SSSR count). The van der Waals surface area contributed by atoms with Crippen LogP contribution in [0.25, 0.3) is 0 Å². The van der Waals surface area contributed by atoms with Crippen LogP contribution in [0.15, 0.2) is 11.2 Å². The van der Waals surface area contributed by atoms with Crippen LogP contribution in [-0.4, -0.2) is 45.7 Å². The second kappa shape index (κ2) is 5.23. The van der Waals surface area contributed by atoms with Crippen molar-refractivity contribution in [3.63, 3.8) is 0 Å². The van der Waals surface area contributed by atoms with E-state index in [1.165, 1.54) is 9.80 Å². The van der Waals surface area contributed by atoms with Crippen LogP contribution >= 0.6 is 0 Å². The maximum Gasteiger partial charge on any atom is 0.401 e. The predicted octanol–water partition coefficient (Wildman–Crippen LogP) is 1.38. The summed E-state index contributed by atoms with van der Waals surface area (Å²) in [6, 6.07) is -0.799. The molecule has 118 valence electrons. The molecule has 0 N–H and O–H groups in total. The molecule has 1 unspecified atom stereocenters. The van der Waals surface area contributed by atoms with E-state index in [1.54, 1.807) is 7.05 Å². The highest BCUT2D eigenvalue weighted by Crippen LogP contribution is 2.29. The second-order valence-electron chi connectivity index (χ2n) is 5.83. The number of amides is 3. The van der Waals surface area contributed by atoms with Gasteiger partial charge in [-0.05, 0) is 19.8 Å². The minimum absolute atomic E-state index is 0.180. The van der Waals surface area contributed by atoms with E-state index in [-0.39, 0.29) is 11.9 Å². The number of rotatable bonds is 4. The number of hydrogen-bond acceptors (Lipinski definition) is 3. The molecule has 0 aromatic carbocycles. The molecule has 0 aliphatic carbocycles. The van der Waals surface area contributed by atoms with Crippen LogP contribution in [0.1, 0.15) is 38.4 Å². The summed E-state index contributed by atoms with van der Waals surface area (Å²) in [5.41, 5.74) is 1.08. The number of likely N-dealkylation sites (N-methyl/N-ethyl adjacent to an activating group) is 1. The van der Waals surface area contributed by atoms with Crippen molar-refractivity contribution in [2.75, 3.05) is 13.6 Å². The van der Waals surface area contributed by atoms with Crippen LogP contribution < -0.4 is 4.57 Å². The van der Waals surface area contributed by atoms with E-state index in [0.717, 1.165) is 31.0 Å². The highest BCUT2D eigenvalue weighted by molar-refractivity contribution is 6.19. The molecule has 0 bridgehead atoms. The van der Waals surface area contributed by atoms with E-state index in [4.69, 9.17) is 0 Å². The third-order valence-corrected chi connectivity index (χ3v) is 4.22. The number of aromatic nitrogens is 2. The average Bonchev–Trinajstić information content (AvgIpc) is 2.99. The zero-order chi connectivity index (χ0) is 16.0. The molecule has 3 heterocycles. The lowest BCUT2D eigenvalue weighted by atomic mass is 10.1. The summed E-state index contributed by atoms with van der Waals surface area (Å²) in [6.07, 6.45) is 3.69. The van der Waals surface area contributed by atoms with Gasteiger partial charge in [-0.25, -0.2) is 13.9 Å². The number of imide groups is 1. The van der Waals surface area contributed by atoms with Crippen molar-refractivity contribution < 1.29 is 14.2 Å². The fourth-order valence-electron chi connectivity index (χ4n) is 3.16. The molecule has 2 aliphatic rings. The van der Waals surface area contributed by atoms with E-state index in [9.17, 15) is 9.59 Å². The number of hydrogen-bond donors (Lipinski definition) is 0. The molecule has 2 aliphatic heterocycles. The Morgan fingerprint density at radius 1 is 1.23 bits per heavy atom. The van der Waals surface area contributed by atoms with Crippen molar-refractivity contribution in [3.05, 3.63) is 11.9 Å². The molecule has 3 amide bonds. The van der Waals surface area contributed by atoms with Gasteiger partial charge in [0, 0.05) is 13.6 Å². The lowest BCUT2D eigenvalue weighted by Crippen LogP contribution is -2.62. The monoisotopic (exact) mass is 304 g/mol. The summed E-state index contributed by atoms with van der Waals surface area (Å²) in [4.78, 5) is 32.5. The summed E-state index contributed by atoms with van der Waals surface area (Å²) in [5.74, 6) is 1.11. The quantitative estimate of drug-likeness (QED) is 0.789. The van der Waals surface area contributed by atoms with Gasteiger partial charge in [-0.1, -0.05) is 18.8 Å². The molecule has 0 saturated carbocycles. The van der Waals surface area contributed by atoms with E-state index < -0.39 is 6.04 Å². The molecule has 7 nitrogen and oxygen atoms in total. The molecule has 0 radical (unpaired) electrons. The number of imidazole rings is 1. The summed E-state index contributed by atoms with van der Waals surface area (Å²) in [7, 11) is 1.69. The lowest BCUT2D eigenvalue weighted by Gasteiger charge is -2.32. The topological polar surface area (TPSA) is 61.8 Å². The highest BCUT2D eigenvalue weighted by Gasteiger charge is 2.52. The van der Waals surface area contributed by atoms with Crippen molar-refractivity contribution in [3.8, 4) is 0 Å². The summed E-state index contributed by atoms with van der Waals surface area (Å²) < 4.78 is 4.00. The number of aryl methyl sites for hydroxylation is 1. The Hall–Kier alpha value is -2.18. The summed E-state index contributed by atoms with van der Waals surface area (Å²) in [6.45, 7) is 7.37. The van der Waals surface area contributed by atoms with Crippen LogP contribution in [0.4, 0.5) is 10.7 Å². The Bertz CT molecular complexity index is 676. The Labute approximate surface area is 129 Å². The molecule has 22 heavy (non-hydrogen) atoms. The SMILES string of the molecule is CCCN1C(=O)C2C(=Nc3n(CCC)c(C)c[n+]32)N(C)C1=O. The standard InChI is InChI=1S/C15H22N5O2/c1-5-7-18-10(3)9-20-11-12(16-14(18)20)17(4)15(22)19(8-6-2)13(11)21/h9,11H,5-8H2,1-4H3/q+1. The van der Waals surface area contributed by atoms with E-state index in [2.05, 4.69) is 16.5 Å². The fraction of sp³-hybridized carbons (Fsp3) is 0.600. The normalized spacial score (nSPS) is 20.4. The van der Waals surface area contributed by atoms with Gasteiger partial charge in [0.25, 0.3) is 5.91 Å². The van der Waals surface area contributed by atoms with Gasteiger partial charge < -0.3 is 0 Å². The first kappa shape index (κ1) is 14.7. The number of carbonyl (C=O) groups is 2. The number of amidine groups is 1. The Balaban J connectivity index is 2.08. The van der Waals surface area contributed by atoms with Crippen molar-refractivity contribution in [1.29, 1.82) is 0 Å². The zero-order valence-electron chi connectivity index (χ0n) is 13.5. The maximum atomic E-state index is 12.8. The van der Waals surface area contributed by atoms with E-state index >= 15 is 0 Å². The van der Waals surface area contributed by atoms with Gasteiger partial charge in [0.15, 0.2) is 0 Å². The minimum atomic E-state index is -0.513. The number of aliphatic imine (C=N–C) groups is 1. The first-order valence-corrected chi connectivity index (χ1v) is 7.80. The molecule has 1 aromatic rings. The number of nitrogens with zero attached hydrogens (tertiary/aromatic N) is 5. The first-order chi connectivity index (χ1) is 10.5. The zero-order valence-corrected chi connectivity index (χ0v) is 13.5. The molecule has 7 heteroatoms. The number of urea groups is 1. The number of carbonyl (C=O) groups excluding carboxylic acids is 2. The molecule has 1 aromatic heterocycles. The van der Waals surface area contributed by atoms with E-state index in [0.29, 0.717) is 12.4 Å². The van der Waals surface area contributed by atoms with Gasteiger partial charge in [-0.2, -0.15) is 0 Å². The minimum Gasteiger partial charge on any atom is -0.270 e. The van der Waals surface area contributed by atoms with Gasteiger partial charge in [-0.15, -0.1) is 0 Å². The van der Waals surface area contributed by atoms with Crippen molar-refractivity contribution in [2.24, 2.45) is 4.99 Å². The van der Waals surface area contributed by atoms with E-state index in [1.807, 2.05) is 24.6 Å². The smallest absolute Gasteiger partial charge is 0.270 e. The molecular weight excluding hydrogens is 282 g/mol. The fourth-order valence-corrected chi connectivity index (χ4v) is 3.16. The third-order valence-electron chi connectivity index (χ3n) is 4.22. The van der Waals surface area contributed by atoms with Gasteiger partial charge >= 0.3 is 12.0 Å². The van der Waals surface area contributed by atoms with Gasteiger partial charge in [0.2, 0.25) is 11.9 Å².